The first-order valence-electron chi connectivity index (χ1n) is 7.10. The third-order valence-electron chi connectivity index (χ3n) is 3.77. The van der Waals surface area contributed by atoms with Gasteiger partial charge in [-0.2, -0.15) is 5.10 Å². The first-order chi connectivity index (χ1) is 9.35. The number of aromatic nitrogens is 2. The zero-order chi connectivity index (χ0) is 14.8. The van der Waals surface area contributed by atoms with Crippen LogP contribution in [0, 0.1) is 0 Å². The van der Waals surface area contributed by atoms with E-state index in [4.69, 9.17) is 0 Å². The average Bonchev–Trinajstić information content (AvgIpc) is 2.98. The first kappa shape index (κ1) is 14.8. The van der Waals surface area contributed by atoms with Crippen LogP contribution < -0.4 is 10.6 Å². The van der Waals surface area contributed by atoms with Crippen LogP contribution in [0.3, 0.4) is 0 Å². The minimum atomic E-state index is -0.454. The minimum Gasteiger partial charge on any atom is -0.394 e. The maximum atomic E-state index is 12.0. The van der Waals surface area contributed by atoms with Crippen LogP contribution in [-0.2, 0) is 5.54 Å². The van der Waals surface area contributed by atoms with E-state index in [1.807, 2.05) is 20.8 Å². The molecule has 1 heterocycles. The topological polar surface area (TPSA) is 79.2 Å². The van der Waals surface area contributed by atoms with Gasteiger partial charge in [0.25, 0.3) is 0 Å². The van der Waals surface area contributed by atoms with Crippen molar-refractivity contribution in [2.24, 2.45) is 0 Å². The van der Waals surface area contributed by atoms with Gasteiger partial charge in [-0.15, -0.1) is 0 Å². The van der Waals surface area contributed by atoms with Gasteiger partial charge in [0, 0.05) is 6.20 Å². The summed E-state index contributed by atoms with van der Waals surface area (Å²) in [6.07, 6.45) is 7.19. The molecule has 1 aromatic heterocycles. The molecule has 6 heteroatoms. The molecule has 0 aliphatic heterocycles. The molecule has 0 saturated heterocycles. The molecule has 0 radical (unpaired) electrons. The molecule has 0 unspecified atom stereocenters. The van der Waals surface area contributed by atoms with E-state index in [0.717, 1.165) is 25.7 Å². The Morgan fingerprint density at radius 3 is 2.60 bits per heavy atom. The van der Waals surface area contributed by atoms with Crippen molar-refractivity contribution in [3.8, 4) is 0 Å². The quantitative estimate of drug-likeness (QED) is 0.793. The number of hydrogen-bond acceptors (Lipinski definition) is 3. The molecule has 2 rings (SSSR count). The fraction of sp³-hybridized carbons (Fsp3) is 0.714. The van der Waals surface area contributed by atoms with Crippen molar-refractivity contribution in [1.82, 2.24) is 15.1 Å². The molecule has 3 N–H and O–H groups in total. The second-order valence-electron chi connectivity index (χ2n) is 6.57. The number of carbonyl (C=O) groups is 1. The van der Waals surface area contributed by atoms with Crippen LogP contribution >= 0.6 is 0 Å². The van der Waals surface area contributed by atoms with Gasteiger partial charge in [-0.1, -0.05) is 12.8 Å². The minimum absolute atomic E-state index is 0.0122. The van der Waals surface area contributed by atoms with E-state index in [2.05, 4.69) is 15.7 Å². The SMILES string of the molecule is CC(C)(C)n1cc(NC(=O)NC2(CO)CCCC2)cn1. The second-order valence-corrected chi connectivity index (χ2v) is 6.57. The van der Waals surface area contributed by atoms with E-state index in [9.17, 15) is 9.90 Å². The van der Waals surface area contributed by atoms with Crippen LogP contribution in [0.1, 0.15) is 46.5 Å². The normalized spacial score (nSPS) is 18.0. The predicted octanol–water partition coefficient (Wildman–Crippen LogP) is 2.06. The van der Waals surface area contributed by atoms with Crippen LogP contribution in [0.15, 0.2) is 12.4 Å². The van der Waals surface area contributed by atoms with Gasteiger partial charge in [0.05, 0.1) is 29.6 Å². The van der Waals surface area contributed by atoms with E-state index in [1.54, 1.807) is 17.1 Å². The number of anilines is 1. The van der Waals surface area contributed by atoms with E-state index in [1.165, 1.54) is 0 Å². The Morgan fingerprint density at radius 2 is 2.10 bits per heavy atom. The van der Waals surface area contributed by atoms with Gasteiger partial charge in [-0.3, -0.25) is 4.68 Å². The molecule has 20 heavy (non-hydrogen) atoms. The molecular formula is C14H24N4O2. The fourth-order valence-electron chi connectivity index (χ4n) is 2.53. The van der Waals surface area contributed by atoms with Crippen molar-refractivity contribution in [2.75, 3.05) is 11.9 Å². The Morgan fingerprint density at radius 1 is 1.45 bits per heavy atom. The lowest BCUT2D eigenvalue weighted by Crippen LogP contribution is -2.50. The van der Waals surface area contributed by atoms with Crippen molar-refractivity contribution in [3.05, 3.63) is 12.4 Å². The Labute approximate surface area is 119 Å². The molecule has 0 aromatic carbocycles. The van der Waals surface area contributed by atoms with Crippen LogP contribution in [0.2, 0.25) is 0 Å². The zero-order valence-corrected chi connectivity index (χ0v) is 12.4. The summed E-state index contributed by atoms with van der Waals surface area (Å²) in [4.78, 5) is 12.0. The van der Waals surface area contributed by atoms with Crippen molar-refractivity contribution >= 4 is 11.7 Å². The Hall–Kier alpha value is -1.56. The van der Waals surface area contributed by atoms with Crippen LogP contribution in [0.25, 0.3) is 0 Å². The van der Waals surface area contributed by atoms with Crippen molar-refractivity contribution in [1.29, 1.82) is 0 Å². The average molecular weight is 280 g/mol. The summed E-state index contributed by atoms with van der Waals surface area (Å²) < 4.78 is 1.81. The number of aliphatic hydroxyl groups is 1. The van der Waals surface area contributed by atoms with Gasteiger partial charge in [0.15, 0.2) is 0 Å². The maximum absolute atomic E-state index is 12.0. The van der Waals surface area contributed by atoms with Crippen molar-refractivity contribution < 1.29 is 9.90 Å². The highest BCUT2D eigenvalue weighted by molar-refractivity contribution is 5.89. The highest BCUT2D eigenvalue weighted by atomic mass is 16.3. The van der Waals surface area contributed by atoms with E-state index in [-0.39, 0.29) is 18.2 Å². The van der Waals surface area contributed by atoms with Crippen LogP contribution in [0.5, 0.6) is 0 Å². The molecule has 112 valence electrons. The van der Waals surface area contributed by atoms with Crippen molar-refractivity contribution in [3.63, 3.8) is 0 Å². The van der Waals surface area contributed by atoms with E-state index >= 15 is 0 Å². The van der Waals surface area contributed by atoms with Gasteiger partial charge >= 0.3 is 6.03 Å². The summed E-state index contributed by atoms with van der Waals surface area (Å²) in [5.74, 6) is 0. The van der Waals surface area contributed by atoms with Crippen molar-refractivity contribution in [2.45, 2.75) is 57.5 Å². The Kier molecular flexibility index (Phi) is 4.04. The van der Waals surface area contributed by atoms with Gasteiger partial charge in [-0.05, 0) is 33.6 Å². The van der Waals surface area contributed by atoms with E-state index in [0.29, 0.717) is 5.69 Å². The number of carbonyl (C=O) groups excluding carboxylic acids is 1. The molecule has 0 spiro atoms. The molecule has 1 saturated carbocycles. The molecular weight excluding hydrogens is 256 g/mol. The monoisotopic (exact) mass is 280 g/mol. The molecule has 6 nitrogen and oxygen atoms in total. The molecule has 1 aliphatic carbocycles. The number of hydrogen-bond donors (Lipinski definition) is 3. The highest BCUT2D eigenvalue weighted by Crippen LogP contribution is 2.29. The first-order valence-corrected chi connectivity index (χ1v) is 7.10. The second kappa shape index (κ2) is 5.44. The zero-order valence-electron chi connectivity index (χ0n) is 12.4. The number of nitrogens with one attached hydrogen (secondary N) is 2. The van der Waals surface area contributed by atoms with Gasteiger partial charge in [-0.25, -0.2) is 4.79 Å². The third kappa shape index (κ3) is 3.30. The summed E-state index contributed by atoms with van der Waals surface area (Å²) in [6.45, 7) is 6.12. The molecule has 1 aromatic rings. The number of aliphatic hydroxyl groups excluding tert-OH is 1. The summed E-state index contributed by atoms with van der Waals surface area (Å²) >= 11 is 0. The summed E-state index contributed by atoms with van der Waals surface area (Å²) in [5.41, 5.74) is 0.0849. The number of nitrogens with zero attached hydrogens (tertiary/aromatic N) is 2. The summed E-state index contributed by atoms with van der Waals surface area (Å²) in [6, 6.07) is -0.283. The van der Waals surface area contributed by atoms with Gasteiger partial charge in [0.2, 0.25) is 0 Å². The lowest BCUT2D eigenvalue weighted by molar-refractivity contribution is 0.167. The summed E-state index contributed by atoms with van der Waals surface area (Å²) in [5, 5.41) is 19.4. The molecule has 1 fully saturated rings. The number of urea groups is 1. The smallest absolute Gasteiger partial charge is 0.319 e. The summed E-state index contributed by atoms with van der Waals surface area (Å²) in [7, 11) is 0. The third-order valence-corrected chi connectivity index (χ3v) is 3.77. The molecule has 0 atom stereocenters. The van der Waals surface area contributed by atoms with Gasteiger partial charge in [0.1, 0.15) is 0 Å². The lowest BCUT2D eigenvalue weighted by Gasteiger charge is -2.27. The molecule has 1 aliphatic rings. The Balaban J connectivity index is 1.96. The van der Waals surface area contributed by atoms with Gasteiger partial charge < -0.3 is 15.7 Å². The van der Waals surface area contributed by atoms with E-state index < -0.39 is 5.54 Å². The fourth-order valence-corrected chi connectivity index (χ4v) is 2.53. The molecule has 2 amide bonds. The molecule has 0 bridgehead atoms. The van der Waals surface area contributed by atoms with Crippen LogP contribution in [0.4, 0.5) is 10.5 Å². The standard InChI is InChI=1S/C14H24N4O2/c1-13(2,3)18-9-11(8-15-18)16-12(20)17-14(10-19)6-4-5-7-14/h8-9,19H,4-7,10H2,1-3H3,(H2,16,17,20). The Bertz CT molecular complexity index is 470. The number of rotatable bonds is 3. The van der Waals surface area contributed by atoms with Crippen LogP contribution in [-0.4, -0.2) is 33.1 Å². The predicted molar refractivity (Wildman–Crippen MR) is 77.7 cm³/mol. The maximum Gasteiger partial charge on any atom is 0.319 e. The number of amides is 2. The lowest BCUT2D eigenvalue weighted by atomic mass is 9.99. The highest BCUT2D eigenvalue weighted by Gasteiger charge is 2.34. The largest absolute Gasteiger partial charge is 0.394 e.